The van der Waals surface area contributed by atoms with Crippen LogP contribution < -0.4 is 16.0 Å². The number of amides is 6. The Morgan fingerprint density at radius 1 is 0.870 bits per heavy atom. The van der Waals surface area contributed by atoms with Crippen molar-refractivity contribution in [1.82, 2.24) is 20.4 Å². The van der Waals surface area contributed by atoms with Gasteiger partial charge in [-0.2, -0.15) is 0 Å². The van der Waals surface area contributed by atoms with E-state index in [4.69, 9.17) is 14.2 Å². The zero-order valence-corrected chi connectivity index (χ0v) is 25.3. The summed E-state index contributed by atoms with van der Waals surface area (Å²) in [5, 5.41) is 7.70. The molecule has 2 fully saturated rings. The minimum atomic E-state index is -1.10. The molecule has 3 aliphatic heterocycles. The van der Waals surface area contributed by atoms with Crippen molar-refractivity contribution in [2.75, 3.05) is 51.4 Å². The molecule has 1 atom stereocenters. The zero-order valence-electron chi connectivity index (χ0n) is 25.3. The lowest BCUT2D eigenvalue weighted by molar-refractivity contribution is -0.136. The van der Waals surface area contributed by atoms with E-state index in [-0.39, 0.29) is 62.1 Å². The number of imide groups is 2. The lowest BCUT2D eigenvalue weighted by Gasteiger charge is -2.31. The molecule has 2 aromatic carbocycles. The molecule has 2 saturated heterocycles. The second-order valence-corrected chi connectivity index (χ2v) is 11.2. The first-order valence-electron chi connectivity index (χ1n) is 15.3. The Bertz CT molecular complexity index is 1460. The molecular weight excluding hydrogens is 598 g/mol. The molecule has 6 amide bonds. The number of piperidine rings is 2. The highest BCUT2D eigenvalue weighted by Gasteiger charge is 2.45. The van der Waals surface area contributed by atoms with Crippen molar-refractivity contribution in [1.29, 1.82) is 0 Å². The van der Waals surface area contributed by atoms with Crippen molar-refractivity contribution in [2.45, 2.75) is 44.4 Å². The molecule has 3 heterocycles. The second-order valence-electron chi connectivity index (χ2n) is 11.2. The van der Waals surface area contributed by atoms with Gasteiger partial charge < -0.3 is 29.7 Å². The van der Waals surface area contributed by atoms with Gasteiger partial charge in [0, 0.05) is 32.1 Å². The first kappa shape index (κ1) is 32.7. The van der Waals surface area contributed by atoms with Crippen LogP contribution in [0.25, 0.3) is 0 Å². The number of nitrogens with zero attached hydrogens (tertiary/aromatic N) is 2. The van der Waals surface area contributed by atoms with Crippen LogP contribution >= 0.6 is 0 Å². The van der Waals surface area contributed by atoms with Crippen LogP contribution in [0.4, 0.5) is 10.5 Å². The Morgan fingerprint density at radius 3 is 2.39 bits per heavy atom. The van der Waals surface area contributed by atoms with Gasteiger partial charge in [-0.25, -0.2) is 4.79 Å². The Hall–Kier alpha value is -4.66. The van der Waals surface area contributed by atoms with E-state index in [2.05, 4.69) is 20.9 Å². The van der Waals surface area contributed by atoms with Crippen molar-refractivity contribution in [3.8, 4) is 0 Å². The third-order valence-corrected chi connectivity index (χ3v) is 8.02. The van der Waals surface area contributed by atoms with Gasteiger partial charge in [0.2, 0.25) is 17.7 Å². The molecule has 0 saturated carbocycles. The number of ether oxygens (including phenoxy) is 3. The molecule has 0 aliphatic carbocycles. The van der Waals surface area contributed by atoms with Gasteiger partial charge in [-0.1, -0.05) is 36.4 Å². The van der Waals surface area contributed by atoms with Gasteiger partial charge in [0.25, 0.3) is 11.8 Å². The van der Waals surface area contributed by atoms with Crippen LogP contribution in [0.1, 0.15) is 52.0 Å². The molecule has 0 aromatic heterocycles. The minimum absolute atomic E-state index is 0.00307. The Kier molecular flexibility index (Phi) is 11.1. The van der Waals surface area contributed by atoms with Crippen LogP contribution in [-0.2, 0) is 35.2 Å². The van der Waals surface area contributed by atoms with Crippen molar-refractivity contribution < 1.29 is 43.0 Å². The average Bonchev–Trinajstić information content (AvgIpc) is 3.30. The SMILES string of the molecule is O=C1CCC(N2C(=O)c3cccc(NC(=O)COCCOCCN4CCC(NC(=O)OCc5ccccc5)CC4)c3C2=O)C(=O)N1. The van der Waals surface area contributed by atoms with Crippen LogP contribution in [0.5, 0.6) is 0 Å². The standard InChI is InChI=1S/C32H37N5O9/c38-26-10-9-25(29(40)35-26)37-30(41)23-7-4-8-24(28(23)31(37)42)34-27(39)20-45-18-17-44-16-15-36-13-11-22(12-14-36)33-32(43)46-19-21-5-2-1-3-6-21/h1-8,22,25H,9-20H2,(H,33,43)(H,34,39)(H,35,38,40). The van der Waals surface area contributed by atoms with Crippen molar-refractivity contribution >= 4 is 41.3 Å². The maximum absolute atomic E-state index is 13.2. The van der Waals surface area contributed by atoms with Crippen LogP contribution in [-0.4, -0.2) is 104 Å². The number of alkyl carbamates (subject to hydrolysis) is 1. The molecule has 0 radical (unpaired) electrons. The van der Waals surface area contributed by atoms with Crippen molar-refractivity contribution in [2.24, 2.45) is 0 Å². The number of rotatable bonds is 13. The Morgan fingerprint density at radius 2 is 1.63 bits per heavy atom. The van der Waals surface area contributed by atoms with Gasteiger partial charge in [0.15, 0.2) is 0 Å². The van der Waals surface area contributed by atoms with E-state index in [1.54, 1.807) is 0 Å². The first-order chi connectivity index (χ1) is 22.3. The van der Waals surface area contributed by atoms with E-state index in [0.29, 0.717) is 6.61 Å². The van der Waals surface area contributed by atoms with Gasteiger partial charge in [-0.3, -0.25) is 34.2 Å². The predicted molar refractivity (Wildman–Crippen MR) is 163 cm³/mol. The highest BCUT2D eigenvalue weighted by Crippen LogP contribution is 2.32. The number of likely N-dealkylation sites (tertiary alicyclic amines) is 1. The van der Waals surface area contributed by atoms with Crippen LogP contribution in [0.15, 0.2) is 48.5 Å². The first-order valence-corrected chi connectivity index (χ1v) is 15.3. The number of nitrogens with one attached hydrogen (secondary N) is 3. The fourth-order valence-electron chi connectivity index (χ4n) is 5.62. The van der Waals surface area contributed by atoms with E-state index >= 15 is 0 Å². The van der Waals surface area contributed by atoms with E-state index < -0.39 is 41.7 Å². The van der Waals surface area contributed by atoms with E-state index in [1.807, 2.05) is 30.3 Å². The predicted octanol–water partition coefficient (Wildman–Crippen LogP) is 1.45. The number of anilines is 1. The van der Waals surface area contributed by atoms with E-state index in [9.17, 15) is 28.8 Å². The molecule has 2 aromatic rings. The van der Waals surface area contributed by atoms with Gasteiger partial charge in [-0.15, -0.1) is 0 Å². The fraction of sp³-hybridized carbons (Fsp3) is 0.438. The lowest BCUT2D eigenvalue weighted by atomic mass is 10.0. The number of benzene rings is 2. The average molecular weight is 636 g/mol. The molecule has 0 bridgehead atoms. The van der Waals surface area contributed by atoms with E-state index in [0.717, 1.165) is 42.9 Å². The second kappa shape index (κ2) is 15.6. The molecule has 5 rings (SSSR count). The monoisotopic (exact) mass is 635 g/mol. The highest BCUT2D eigenvalue weighted by molar-refractivity contribution is 6.26. The lowest BCUT2D eigenvalue weighted by Crippen LogP contribution is -2.54. The van der Waals surface area contributed by atoms with Crippen molar-refractivity contribution in [3.05, 3.63) is 65.2 Å². The molecule has 3 aliphatic rings. The summed E-state index contributed by atoms with van der Waals surface area (Å²) in [6.45, 7) is 3.28. The van der Waals surface area contributed by atoms with Crippen molar-refractivity contribution in [3.63, 3.8) is 0 Å². The summed E-state index contributed by atoms with van der Waals surface area (Å²) < 4.78 is 16.4. The third-order valence-electron chi connectivity index (χ3n) is 8.02. The van der Waals surface area contributed by atoms with Crippen LogP contribution in [0, 0.1) is 0 Å². The molecule has 0 spiro atoms. The fourth-order valence-corrected chi connectivity index (χ4v) is 5.62. The van der Waals surface area contributed by atoms with Gasteiger partial charge in [0.05, 0.1) is 36.6 Å². The summed E-state index contributed by atoms with van der Waals surface area (Å²) >= 11 is 0. The van der Waals surface area contributed by atoms with E-state index in [1.165, 1.54) is 18.2 Å². The maximum atomic E-state index is 13.2. The quantitative estimate of drug-likeness (QED) is 0.216. The largest absolute Gasteiger partial charge is 0.445 e. The smallest absolute Gasteiger partial charge is 0.407 e. The minimum Gasteiger partial charge on any atom is -0.445 e. The third kappa shape index (κ3) is 8.33. The maximum Gasteiger partial charge on any atom is 0.407 e. The number of hydrogen-bond donors (Lipinski definition) is 3. The molecular formula is C32H37N5O9. The topological polar surface area (TPSA) is 173 Å². The number of fused-ring (bicyclic) bond motifs is 1. The summed E-state index contributed by atoms with van der Waals surface area (Å²) in [7, 11) is 0. The summed E-state index contributed by atoms with van der Waals surface area (Å²) in [5.74, 6) is -3.04. The summed E-state index contributed by atoms with van der Waals surface area (Å²) in [6.07, 6.45) is 1.28. The molecule has 14 heteroatoms. The normalized spacial score (nSPS) is 18.7. The summed E-state index contributed by atoms with van der Waals surface area (Å²) in [6, 6.07) is 13.0. The Balaban J connectivity index is 0.944. The number of carbonyl (C=O) groups is 6. The Labute approximate surface area is 265 Å². The number of hydrogen-bond acceptors (Lipinski definition) is 10. The highest BCUT2D eigenvalue weighted by atomic mass is 16.5. The molecule has 244 valence electrons. The number of carbonyl (C=O) groups excluding carboxylic acids is 6. The van der Waals surface area contributed by atoms with Gasteiger partial charge in [0.1, 0.15) is 19.3 Å². The molecule has 46 heavy (non-hydrogen) atoms. The van der Waals surface area contributed by atoms with Crippen LogP contribution in [0.2, 0.25) is 0 Å². The summed E-state index contributed by atoms with van der Waals surface area (Å²) in [5.41, 5.74) is 1.15. The molecule has 3 N–H and O–H groups in total. The summed E-state index contributed by atoms with van der Waals surface area (Å²) in [4.78, 5) is 77.6. The van der Waals surface area contributed by atoms with Gasteiger partial charge in [-0.05, 0) is 37.0 Å². The zero-order chi connectivity index (χ0) is 32.5. The molecule has 14 nitrogen and oxygen atoms in total. The van der Waals surface area contributed by atoms with Crippen LogP contribution in [0.3, 0.4) is 0 Å². The van der Waals surface area contributed by atoms with Gasteiger partial charge >= 0.3 is 6.09 Å². The molecule has 1 unspecified atom stereocenters.